The number of hydrogen-bond donors (Lipinski definition) is 1. The van der Waals surface area contributed by atoms with Gasteiger partial charge in [-0.1, -0.05) is 0 Å². The molecular formula is C10H15N5O. The van der Waals surface area contributed by atoms with Gasteiger partial charge in [-0.3, -0.25) is 9.25 Å². The van der Waals surface area contributed by atoms with Crippen molar-refractivity contribution in [1.29, 1.82) is 0 Å². The third-order valence-electron chi connectivity index (χ3n) is 2.47. The number of nitrogens with zero attached hydrogens (tertiary/aromatic N) is 4. The van der Waals surface area contributed by atoms with Gasteiger partial charge in [-0.05, 0) is 12.5 Å². The second-order valence-electron chi connectivity index (χ2n) is 3.74. The molecule has 6 nitrogen and oxygen atoms in total. The highest BCUT2D eigenvalue weighted by atomic mass is 16.1. The molecule has 0 saturated carbocycles. The summed E-state index contributed by atoms with van der Waals surface area (Å²) in [4.78, 5) is 11.5. The van der Waals surface area contributed by atoms with E-state index < -0.39 is 0 Å². The van der Waals surface area contributed by atoms with Gasteiger partial charge in [-0.25, -0.2) is 4.79 Å². The number of anilines is 1. The van der Waals surface area contributed by atoms with Gasteiger partial charge in [0.1, 0.15) is 5.82 Å². The molecule has 0 aliphatic carbocycles. The Morgan fingerprint density at radius 2 is 2.12 bits per heavy atom. The first-order chi connectivity index (χ1) is 7.66. The fraction of sp³-hybridized carbons (Fsp3) is 0.400. The summed E-state index contributed by atoms with van der Waals surface area (Å²) in [6, 6.07) is 1.76. The van der Waals surface area contributed by atoms with Crippen LogP contribution in [0.5, 0.6) is 0 Å². The minimum absolute atomic E-state index is 0.0139. The number of hydrogen-bond acceptors (Lipinski definition) is 3. The van der Waals surface area contributed by atoms with Gasteiger partial charge in [0.05, 0.1) is 0 Å². The fourth-order valence-electron chi connectivity index (χ4n) is 1.59. The van der Waals surface area contributed by atoms with Crippen LogP contribution in [0.2, 0.25) is 0 Å². The smallest absolute Gasteiger partial charge is 0.327 e. The third kappa shape index (κ3) is 2.16. The van der Waals surface area contributed by atoms with Crippen molar-refractivity contribution in [2.45, 2.75) is 19.5 Å². The molecule has 0 aromatic carbocycles. The molecule has 2 aromatic rings. The highest BCUT2D eigenvalue weighted by Crippen LogP contribution is 1.98. The van der Waals surface area contributed by atoms with E-state index in [1.54, 1.807) is 39.3 Å². The van der Waals surface area contributed by atoms with E-state index >= 15 is 0 Å². The van der Waals surface area contributed by atoms with Crippen LogP contribution in [0.4, 0.5) is 5.82 Å². The SMILES string of the molecule is Cn1ccn(CCCn2ccc(N)n2)c1=O. The Bertz CT molecular complexity index is 521. The lowest BCUT2D eigenvalue weighted by Gasteiger charge is -2.02. The quantitative estimate of drug-likeness (QED) is 0.793. The predicted molar refractivity (Wildman–Crippen MR) is 60.9 cm³/mol. The average Bonchev–Trinajstić information content (AvgIpc) is 2.79. The number of nitrogens with two attached hydrogens (primary N) is 1. The van der Waals surface area contributed by atoms with Crippen molar-refractivity contribution in [3.8, 4) is 0 Å². The van der Waals surface area contributed by atoms with E-state index in [1.165, 1.54) is 0 Å². The molecule has 0 amide bonds. The van der Waals surface area contributed by atoms with Crippen LogP contribution in [-0.2, 0) is 20.1 Å². The molecule has 16 heavy (non-hydrogen) atoms. The molecule has 0 aliphatic rings. The van der Waals surface area contributed by atoms with Crippen molar-refractivity contribution in [1.82, 2.24) is 18.9 Å². The molecule has 0 atom stereocenters. The standard InChI is InChI=1S/C10H15N5O/c1-13-7-8-14(10(13)16)4-2-5-15-6-3-9(11)12-15/h3,6-8H,2,4-5H2,1H3,(H2,11,12). The Balaban J connectivity index is 1.89. The van der Waals surface area contributed by atoms with Gasteiger partial charge in [0.15, 0.2) is 0 Å². The second kappa shape index (κ2) is 4.26. The van der Waals surface area contributed by atoms with Crippen molar-refractivity contribution < 1.29 is 0 Å². The topological polar surface area (TPSA) is 70.8 Å². The van der Waals surface area contributed by atoms with Crippen molar-refractivity contribution in [3.63, 3.8) is 0 Å². The lowest BCUT2D eigenvalue weighted by atomic mass is 10.4. The molecule has 2 heterocycles. The summed E-state index contributed by atoms with van der Waals surface area (Å²) in [5.74, 6) is 0.525. The van der Waals surface area contributed by atoms with Gasteiger partial charge in [0, 0.05) is 38.7 Å². The van der Waals surface area contributed by atoms with Crippen LogP contribution in [0.3, 0.4) is 0 Å². The van der Waals surface area contributed by atoms with Crippen LogP contribution in [0.25, 0.3) is 0 Å². The minimum atomic E-state index is 0.0139. The number of aromatic nitrogens is 4. The Hall–Kier alpha value is -1.98. The van der Waals surface area contributed by atoms with Crippen LogP contribution < -0.4 is 11.4 Å². The summed E-state index contributed by atoms with van der Waals surface area (Å²) in [6.07, 6.45) is 6.24. The van der Waals surface area contributed by atoms with Crippen molar-refractivity contribution >= 4 is 5.82 Å². The minimum Gasteiger partial charge on any atom is -0.382 e. The summed E-state index contributed by atoms with van der Waals surface area (Å²) >= 11 is 0. The fourth-order valence-corrected chi connectivity index (χ4v) is 1.59. The van der Waals surface area contributed by atoms with E-state index in [2.05, 4.69) is 5.10 Å². The summed E-state index contributed by atoms with van der Waals surface area (Å²) in [5, 5.41) is 4.07. The van der Waals surface area contributed by atoms with E-state index in [1.807, 2.05) is 6.20 Å². The molecule has 0 saturated heterocycles. The largest absolute Gasteiger partial charge is 0.382 e. The average molecular weight is 221 g/mol. The summed E-state index contributed by atoms with van der Waals surface area (Å²) in [5.41, 5.74) is 5.51. The van der Waals surface area contributed by atoms with E-state index in [4.69, 9.17) is 5.73 Å². The normalized spacial score (nSPS) is 10.8. The first-order valence-corrected chi connectivity index (χ1v) is 5.17. The van der Waals surface area contributed by atoms with E-state index in [0.717, 1.165) is 13.0 Å². The Morgan fingerprint density at radius 3 is 2.69 bits per heavy atom. The summed E-state index contributed by atoms with van der Waals surface area (Å²) in [6.45, 7) is 1.46. The maximum Gasteiger partial charge on any atom is 0.327 e. The van der Waals surface area contributed by atoms with Crippen LogP contribution in [-0.4, -0.2) is 18.9 Å². The van der Waals surface area contributed by atoms with E-state index in [-0.39, 0.29) is 5.69 Å². The van der Waals surface area contributed by atoms with Gasteiger partial charge in [0.25, 0.3) is 0 Å². The third-order valence-corrected chi connectivity index (χ3v) is 2.47. The number of imidazole rings is 1. The monoisotopic (exact) mass is 221 g/mol. The van der Waals surface area contributed by atoms with Crippen LogP contribution in [0, 0.1) is 0 Å². The Morgan fingerprint density at radius 1 is 1.31 bits per heavy atom. The van der Waals surface area contributed by atoms with E-state index in [0.29, 0.717) is 12.4 Å². The predicted octanol–water partition coefficient (Wildman–Crippen LogP) is 0.0558. The maximum atomic E-state index is 11.5. The van der Waals surface area contributed by atoms with Crippen molar-refractivity contribution in [3.05, 3.63) is 35.1 Å². The first-order valence-electron chi connectivity index (χ1n) is 5.17. The second-order valence-corrected chi connectivity index (χ2v) is 3.74. The molecule has 2 N–H and O–H groups in total. The molecular weight excluding hydrogens is 206 g/mol. The Labute approximate surface area is 92.9 Å². The lowest BCUT2D eigenvalue weighted by molar-refractivity contribution is 0.517. The zero-order valence-electron chi connectivity index (χ0n) is 9.21. The molecule has 2 aromatic heterocycles. The van der Waals surface area contributed by atoms with E-state index in [9.17, 15) is 4.79 Å². The molecule has 86 valence electrons. The number of rotatable bonds is 4. The van der Waals surface area contributed by atoms with Gasteiger partial charge in [0.2, 0.25) is 0 Å². The number of aryl methyl sites for hydroxylation is 3. The molecule has 0 fully saturated rings. The molecule has 0 spiro atoms. The zero-order chi connectivity index (χ0) is 11.5. The first kappa shape index (κ1) is 10.5. The van der Waals surface area contributed by atoms with Gasteiger partial charge in [-0.2, -0.15) is 5.10 Å². The van der Waals surface area contributed by atoms with Gasteiger partial charge >= 0.3 is 5.69 Å². The highest BCUT2D eigenvalue weighted by molar-refractivity contribution is 5.23. The molecule has 0 radical (unpaired) electrons. The van der Waals surface area contributed by atoms with Gasteiger partial charge < -0.3 is 10.3 Å². The Kier molecular flexibility index (Phi) is 2.80. The van der Waals surface area contributed by atoms with Crippen LogP contribution in [0.15, 0.2) is 29.5 Å². The van der Waals surface area contributed by atoms with Crippen molar-refractivity contribution in [2.24, 2.45) is 7.05 Å². The lowest BCUT2D eigenvalue weighted by Crippen LogP contribution is -2.22. The zero-order valence-corrected chi connectivity index (χ0v) is 9.21. The highest BCUT2D eigenvalue weighted by Gasteiger charge is 1.99. The maximum absolute atomic E-state index is 11.5. The summed E-state index contributed by atoms with van der Waals surface area (Å²) in [7, 11) is 1.74. The summed E-state index contributed by atoms with van der Waals surface area (Å²) < 4.78 is 5.03. The van der Waals surface area contributed by atoms with Crippen LogP contribution in [0.1, 0.15) is 6.42 Å². The van der Waals surface area contributed by atoms with Gasteiger partial charge in [-0.15, -0.1) is 0 Å². The molecule has 6 heteroatoms. The molecule has 0 aliphatic heterocycles. The van der Waals surface area contributed by atoms with Crippen LogP contribution >= 0.6 is 0 Å². The number of nitrogen functional groups attached to an aromatic ring is 1. The molecule has 0 bridgehead atoms. The molecule has 0 unspecified atom stereocenters. The molecule has 2 rings (SSSR count). The van der Waals surface area contributed by atoms with Crippen molar-refractivity contribution in [2.75, 3.05) is 5.73 Å².